The summed E-state index contributed by atoms with van der Waals surface area (Å²) in [7, 11) is 0. The van der Waals surface area contributed by atoms with Crippen molar-refractivity contribution >= 4 is 11.7 Å². The van der Waals surface area contributed by atoms with E-state index in [0.29, 0.717) is 12.4 Å². The molecule has 1 aromatic heterocycles. The maximum atomic E-state index is 10.8. The zero-order chi connectivity index (χ0) is 14.7. The zero-order valence-corrected chi connectivity index (χ0v) is 11.6. The van der Waals surface area contributed by atoms with Crippen LogP contribution in [0.2, 0.25) is 0 Å². The molecule has 0 saturated carbocycles. The van der Waals surface area contributed by atoms with E-state index in [1.807, 2.05) is 18.2 Å². The van der Waals surface area contributed by atoms with Gasteiger partial charge < -0.3 is 14.4 Å². The van der Waals surface area contributed by atoms with Gasteiger partial charge in [0.15, 0.2) is 5.69 Å². The minimum absolute atomic E-state index is 0.0343. The van der Waals surface area contributed by atoms with E-state index in [9.17, 15) is 4.79 Å². The lowest BCUT2D eigenvalue weighted by molar-refractivity contribution is 0.0690. The smallest absolute Gasteiger partial charge is 0.357 e. The van der Waals surface area contributed by atoms with E-state index in [1.54, 1.807) is 0 Å². The van der Waals surface area contributed by atoms with Gasteiger partial charge in [0.1, 0.15) is 6.26 Å². The number of nitrogens with zero attached hydrogens (tertiary/aromatic N) is 3. The molecule has 0 radical (unpaired) electrons. The molecule has 0 atom stereocenters. The van der Waals surface area contributed by atoms with Crippen molar-refractivity contribution in [3.8, 4) is 0 Å². The van der Waals surface area contributed by atoms with Crippen molar-refractivity contribution < 1.29 is 14.3 Å². The molecule has 1 N–H and O–H groups in total. The van der Waals surface area contributed by atoms with Crippen LogP contribution in [0.4, 0.5) is 5.69 Å². The second-order valence-electron chi connectivity index (χ2n) is 5.03. The average Bonchev–Trinajstić information content (AvgIpc) is 2.98. The highest BCUT2D eigenvalue weighted by atomic mass is 16.4. The minimum atomic E-state index is -1.06. The molecule has 3 rings (SSSR count). The predicted molar refractivity (Wildman–Crippen MR) is 77.4 cm³/mol. The number of benzene rings is 1. The Labute approximate surface area is 122 Å². The number of aromatic nitrogens is 1. The first-order valence-electron chi connectivity index (χ1n) is 6.92. The fourth-order valence-corrected chi connectivity index (χ4v) is 2.48. The van der Waals surface area contributed by atoms with Gasteiger partial charge in [-0.3, -0.25) is 4.90 Å². The molecule has 0 spiro atoms. The van der Waals surface area contributed by atoms with Gasteiger partial charge in [0.05, 0.1) is 6.54 Å². The van der Waals surface area contributed by atoms with Crippen molar-refractivity contribution in [3.05, 3.63) is 48.2 Å². The second kappa shape index (κ2) is 5.97. The number of carbonyl (C=O) groups is 1. The normalized spacial score (nSPS) is 16.1. The summed E-state index contributed by atoms with van der Waals surface area (Å²) in [5.74, 6) is -0.598. The number of anilines is 1. The van der Waals surface area contributed by atoms with Gasteiger partial charge in [0.2, 0.25) is 5.89 Å². The Bertz CT molecular complexity index is 604. The van der Waals surface area contributed by atoms with E-state index >= 15 is 0 Å². The van der Waals surface area contributed by atoms with Gasteiger partial charge in [0, 0.05) is 31.9 Å². The first-order chi connectivity index (χ1) is 10.2. The average molecular weight is 287 g/mol. The molecule has 1 saturated heterocycles. The lowest BCUT2D eigenvalue weighted by Gasteiger charge is -2.35. The van der Waals surface area contributed by atoms with Crippen LogP contribution < -0.4 is 4.90 Å². The molecule has 6 nitrogen and oxygen atoms in total. The zero-order valence-electron chi connectivity index (χ0n) is 11.6. The number of hydrogen-bond acceptors (Lipinski definition) is 5. The number of carboxylic acid groups (broad SMARTS) is 1. The molecule has 2 aromatic rings. The third-order valence-electron chi connectivity index (χ3n) is 3.62. The highest BCUT2D eigenvalue weighted by molar-refractivity contribution is 5.84. The number of hydrogen-bond donors (Lipinski definition) is 1. The molecule has 2 heterocycles. The number of para-hydroxylation sites is 1. The summed E-state index contributed by atoms with van der Waals surface area (Å²) in [4.78, 5) is 19.3. The third kappa shape index (κ3) is 3.22. The molecule has 0 unspecified atom stereocenters. The maximum Gasteiger partial charge on any atom is 0.357 e. The molecule has 1 aliphatic heterocycles. The number of oxazole rings is 1. The number of rotatable bonds is 4. The first-order valence-corrected chi connectivity index (χ1v) is 6.92. The first kappa shape index (κ1) is 13.6. The Hall–Kier alpha value is -2.34. The van der Waals surface area contributed by atoms with Gasteiger partial charge in [-0.1, -0.05) is 18.2 Å². The summed E-state index contributed by atoms with van der Waals surface area (Å²) >= 11 is 0. The molecule has 21 heavy (non-hydrogen) atoms. The number of carboxylic acids is 1. The van der Waals surface area contributed by atoms with Crippen LogP contribution in [0.1, 0.15) is 16.4 Å². The Morgan fingerprint density at radius 3 is 2.52 bits per heavy atom. The van der Waals surface area contributed by atoms with E-state index in [-0.39, 0.29) is 5.69 Å². The van der Waals surface area contributed by atoms with Crippen molar-refractivity contribution in [2.24, 2.45) is 0 Å². The fourth-order valence-electron chi connectivity index (χ4n) is 2.48. The Kier molecular flexibility index (Phi) is 3.87. The maximum absolute atomic E-state index is 10.8. The van der Waals surface area contributed by atoms with Crippen molar-refractivity contribution in [1.82, 2.24) is 9.88 Å². The summed E-state index contributed by atoms with van der Waals surface area (Å²) < 4.78 is 5.19. The fraction of sp³-hybridized carbons (Fsp3) is 0.333. The van der Waals surface area contributed by atoms with Crippen LogP contribution in [-0.4, -0.2) is 47.1 Å². The third-order valence-corrected chi connectivity index (χ3v) is 3.62. The van der Waals surface area contributed by atoms with Crippen LogP contribution in [0.3, 0.4) is 0 Å². The molecule has 0 amide bonds. The highest BCUT2D eigenvalue weighted by Gasteiger charge is 2.19. The van der Waals surface area contributed by atoms with Crippen molar-refractivity contribution in [3.63, 3.8) is 0 Å². The summed E-state index contributed by atoms with van der Waals surface area (Å²) in [6.07, 6.45) is 1.19. The van der Waals surface area contributed by atoms with Crippen LogP contribution in [0.5, 0.6) is 0 Å². The lowest BCUT2D eigenvalue weighted by Crippen LogP contribution is -2.46. The molecule has 0 aliphatic carbocycles. The summed E-state index contributed by atoms with van der Waals surface area (Å²) in [6.45, 7) is 4.24. The lowest BCUT2D eigenvalue weighted by atomic mass is 10.2. The van der Waals surface area contributed by atoms with E-state index in [0.717, 1.165) is 26.2 Å². The number of aromatic carboxylic acids is 1. The van der Waals surface area contributed by atoms with Crippen molar-refractivity contribution in [1.29, 1.82) is 0 Å². The monoisotopic (exact) mass is 287 g/mol. The van der Waals surface area contributed by atoms with Gasteiger partial charge in [0.25, 0.3) is 0 Å². The Morgan fingerprint density at radius 1 is 1.19 bits per heavy atom. The SMILES string of the molecule is O=C(O)c1coc(CN2CCN(c3ccccc3)CC2)n1. The summed E-state index contributed by atoms with van der Waals surface area (Å²) in [5, 5.41) is 8.82. The van der Waals surface area contributed by atoms with Gasteiger partial charge in [-0.15, -0.1) is 0 Å². The summed E-state index contributed by atoms with van der Waals surface area (Å²) in [5.41, 5.74) is 1.20. The van der Waals surface area contributed by atoms with Gasteiger partial charge >= 0.3 is 5.97 Å². The van der Waals surface area contributed by atoms with Crippen LogP contribution in [0, 0.1) is 0 Å². The molecule has 1 aliphatic rings. The molecular weight excluding hydrogens is 270 g/mol. The molecule has 1 fully saturated rings. The quantitative estimate of drug-likeness (QED) is 0.923. The summed E-state index contributed by atoms with van der Waals surface area (Å²) in [6, 6.07) is 10.3. The molecule has 6 heteroatoms. The standard InChI is InChI=1S/C15H17N3O3/c19-15(20)13-11-21-14(16-13)10-17-6-8-18(9-7-17)12-4-2-1-3-5-12/h1-5,11H,6-10H2,(H,19,20). The Balaban J connectivity index is 1.55. The number of piperazine rings is 1. The van der Waals surface area contributed by atoms with E-state index in [1.165, 1.54) is 12.0 Å². The van der Waals surface area contributed by atoms with Gasteiger partial charge in [-0.25, -0.2) is 9.78 Å². The topological polar surface area (TPSA) is 69.8 Å². The van der Waals surface area contributed by atoms with Crippen LogP contribution >= 0.6 is 0 Å². The van der Waals surface area contributed by atoms with Gasteiger partial charge in [-0.05, 0) is 12.1 Å². The molecular formula is C15H17N3O3. The molecule has 0 bridgehead atoms. The largest absolute Gasteiger partial charge is 0.476 e. The van der Waals surface area contributed by atoms with E-state index < -0.39 is 5.97 Å². The van der Waals surface area contributed by atoms with Crippen LogP contribution in [-0.2, 0) is 6.54 Å². The van der Waals surface area contributed by atoms with Crippen LogP contribution in [0.25, 0.3) is 0 Å². The van der Waals surface area contributed by atoms with Crippen molar-refractivity contribution in [2.45, 2.75) is 6.54 Å². The minimum Gasteiger partial charge on any atom is -0.476 e. The van der Waals surface area contributed by atoms with Crippen molar-refractivity contribution in [2.75, 3.05) is 31.1 Å². The van der Waals surface area contributed by atoms with E-state index in [4.69, 9.17) is 9.52 Å². The van der Waals surface area contributed by atoms with E-state index in [2.05, 4.69) is 26.9 Å². The highest BCUT2D eigenvalue weighted by Crippen LogP contribution is 2.16. The molecule has 110 valence electrons. The Morgan fingerprint density at radius 2 is 1.90 bits per heavy atom. The second-order valence-corrected chi connectivity index (χ2v) is 5.03. The van der Waals surface area contributed by atoms with Gasteiger partial charge in [-0.2, -0.15) is 0 Å². The molecule has 1 aromatic carbocycles. The predicted octanol–water partition coefficient (Wildman–Crippen LogP) is 1.70. The van der Waals surface area contributed by atoms with Crippen LogP contribution in [0.15, 0.2) is 41.0 Å².